The molecule has 2 fully saturated rings. The molecule has 34 heavy (non-hydrogen) atoms. The first kappa shape index (κ1) is 22.9. The summed E-state index contributed by atoms with van der Waals surface area (Å²) in [6.07, 6.45) is 3.79. The molecule has 0 spiro atoms. The molecule has 2 unspecified atom stereocenters. The highest BCUT2D eigenvalue weighted by atomic mass is 32.2. The van der Waals surface area contributed by atoms with Gasteiger partial charge in [0.2, 0.25) is 15.9 Å². The van der Waals surface area contributed by atoms with Gasteiger partial charge in [-0.25, -0.2) is 13.1 Å². The Balaban J connectivity index is 1.50. The third kappa shape index (κ3) is 4.21. The van der Waals surface area contributed by atoms with Gasteiger partial charge in [0, 0.05) is 49.4 Å². The van der Waals surface area contributed by atoms with Crippen molar-refractivity contribution >= 4 is 26.8 Å². The van der Waals surface area contributed by atoms with Gasteiger partial charge in [-0.05, 0) is 56.5 Å². The van der Waals surface area contributed by atoms with E-state index in [-0.39, 0.29) is 16.7 Å². The lowest BCUT2D eigenvalue weighted by Crippen LogP contribution is -2.51. The minimum atomic E-state index is -3.93. The first-order valence-electron chi connectivity index (χ1n) is 11.7. The number of fused-ring (bicyclic) bond motifs is 1. The lowest BCUT2D eigenvalue weighted by Gasteiger charge is -2.31. The van der Waals surface area contributed by atoms with E-state index in [0.29, 0.717) is 53.9 Å². The topological polar surface area (TPSA) is 117 Å². The van der Waals surface area contributed by atoms with Gasteiger partial charge in [-0.1, -0.05) is 11.6 Å². The predicted molar refractivity (Wildman–Crippen MR) is 128 cm³/mol. The predicted octanol–water partition coefficient (Wildman–Crippen LogP) is 2.39. The van der Waals surface area contributed by atoms with Crippen molar-refractivity contribution in [3.8, 4) is 11.1 Å². The summed E-state index contributed by atoms with van der Waals surface area (Å²) in [5.41, 5.74) is 2.70. The highest BCUT2D eigenvalue weighted by Gasteiger charge is 2.38. The van der Waals surface area contributed by atoms with E-state index >= 15 is 0 Å². The summed E-state index contributed by atoms with van der Waals surface area (Å²) in [6.45, 7) is 6.47. The SMILES string of the molecule is Cc1noc(C)c1-c1cc(S(=O)(=O)NC2CCCC2C(=O)N2CCNCC2)c2cccnc2c1. The molecule has 1 saturated carbocycles. The van der Waals surface area contributed by atoms with Crippen molar-refractivity contribution in [1.29, 1.82) is 0 Å². The molecule has 1 amide bonds. The standard InChI is InChI=1S/C24H29N5O4S/c1-15-23(16(2)33-27-15)17-13-21-18(6-4-8-26-21)22(14-17)34(31,32)28-20-7-3-5-19(20)24(30)29-11-9-25-10-12-29/h4,6,8,13-14,19-20,25,28H,3,5,7,9-12H2,1-2H3. The zero-order valence-electron chi connectivity index (χ0n) is 19.4. The van der Waals surface area contributed by atoms with Crippen LogP contribution in [0, 0.1) is 19.8 Å². The van der Waals surface area contributed by atoms with Crippen LogP contribution in [0.15, 0.2) is 39.9 Å². The van der Waals surface area contributed by atoms with E-state index < -0.39 is 16.1 Å². The molecule has 10 heteroatoms. The molecule has 5 rings (SSSR count). The molecule has 3 heterocycles. The number of nitrogens with zero attached hydrogens (tertiary/aromatic N) is 3. The number of nitrogens with one attached hydrogen (secondary N) is 2. The second kappa shape index (κ2) is 9.09. The molecule has 1 aliphatic heterocycles. The van der Waals surface area contributed by atoms with Crippen molar-refractivity contribution in [3.63, 3.8) is 0 Å². The van der Waals surface area contributed by atoms with Gasteiger partial charge >= 0.3 is 0 Å². The number of piperazine rings is 1. The van der Waals surface area contributed by atoms with Gasteiger partial charge in [0.15, 0.2) is 0 Å². The van der Waals surface area contributed by atoms with Crippen LogP contribution in [-0.2, 0) is 14.8 Å². The smallest absolute Gasteiger partial charge is 0.241 e. The van der Waals surface area contributed by atoms with Gasteiger partial charge in [-0.3, -0.25) is 9.78 Å². The monoisotopic (exact) mass is 483 g/mol. The number of carbonyl (C=O) groups is 1. The van der Waals surface area contributed by atoms with Gasteiger partial charge in [-0.2, -0.15) is 0 Å². The first-order chi connectivity index (χ1) is 16.3. The highest BCUT2D eigenvalue weighted by Crippen LogP contribution is 2.34. The van der Waals surface area contributed by atoms with Crippen LogP contribution in [0.4, 0.5) is 0 Å². The second-order valence-corrected chi connectivity index (χ2v) is 10.8. The number of amides is 1. The van der Waals surface area contributed by atoms with Crippen molar-refractivity contribution in [3.05, 3.63) is 41.9 Å². The summed E-state index contributed by atoms with van der Waals surface area (Å²) < 4.78 is 35.6. The average molecular weight is 484 g/mol. The number of hydrogen-bond acceptors (Lipinski definition) is 7. The molecule has 1 aliphatic carbocycles. The summed E-state index contributed by atoms with van der Waals surface area (Å²) in [7, 11) is -3.93. The Bertz CT molecular complexity index is 1310. The molecule has 2 aliphatic rings. The fraction of sp³-hybridized carbons (Fsp3) is 0.458. The Kier molecular flexibility index (Phi) is 6.13. The molecular formula is C24H29N5O4S. The number of hydrogen-bond donors (Lipinski definition) is 2. The fourth-order valence-electron chi connectivity index (χ4n) is 5.19. The van der Waals surface area contributed by atoms with Crippen LogP contribution < -0.4 is 10.0 Å². The summed E-state index contributed by atoms with van der Waals surface area (Å²) in [5.74, 6) is 0.312. The average Bonchev–Trinajstić information content (AvgIpc) is 3.43. The number of pyridine rings is 1. The van der Waals surface area contributed by atoms with E-state index in [1.54, 1.807) is 31.3 Å². The van der Waals surface area contributed by atoms with Crippen molar-refractivity contribution in [2.24, 2.45) is 5.92 Å². The van der Waals surface area contributed by atoms with E-state index in [1.807, 2.05) is 17.9 Å². The maximum atomic E-state index is 13.7. The summed E-state index contributed by atoms with van der Waals surface area (Å²) in [5, 5.41) is 7.80. The van der Waals surface area contributed by atoms with Crippen LogP contribution in [-0.4, -0.2) is 61.6 Å². The molecule has 2 atom stereocenters. The molecule has 180 valence electrons. The lowest BCUT2D eigenvalue weighted by atomic mass is 10.0. The van der Waals surface area contributed by atoms with E-state index in [2.05, 4.69) is 20.2 Å². The Hall–Kier alpha value is -2.82. The highest BCUT2D eigenvalue weighted by molar-refractivity contribution is 7.89. The van der Waals surface area contributed by atoms with Crippen LogP contribution >= 0.6 is 0 Å². The normalized spacial score (nSPS) is 21.3. The molecule has 1 saturated heterocycles. The first-order valence-corrected chi connectivity index (χ1v) is 13.2. The Morgan fingerprint density at radius 3 is 2.74 bits per heavy atom. The third-order valence-corrected chi connectivity index (χ3v) is 8.39. The van der Waals surface area contributed by atoms with E-state index in [1.165, 1.54) is 0 Å². The molecule has 2 aromatic heterocycles. The zero-order valence-corrected chi connectivity index (χ0v) is 20.2. The lowest BCUT2D eigenvalue weighted by molar-refractivity contribution is -0.136. The van der Waals surface area contributed by atoms with E-state index in [0.717, 1.165) is 25.1 Å². The molecule has 3 aromatic rings. The number of aryl methyl sites for hydroxylation is 2. The third-order valence-electron chi connectivity index (χ3n) is 6.86. The number of benzene rings is 1. The number of aromatic nitrogens is 2. The Morgan fingerprint density at radius 2 is 2.00 bits per heavy atom. The number of rotatable bonds is 5. The van der Waals surface area contributed by atoms with Gasteiger partial charge in [0.05, 0.1) is 22.0 Å². The Morgan fingerprint density at radius 1 is 1.21 bits per heavy atom. The van der Waals surface area contributed by atoms with Crippen LogP contribution in [0.5, 0.6) is 0 Å². The van der Waals surface area contributed by atoms with Crippen LogP contribution in [0.1, 0.15) is 30.7 Å². The summed E-state index contributed by atoms with van der Waals surface area (Å²) in [4.78, 5) is 19.6. The summed E-state index contributed by atoms with van der Waals surface area (Å²) >= 11 is 0. The van der Waals surface area contributed by atoms with Crippen LogP contribution in [0.25, 0.3) is 22.0 Å². The second-order valence-electron chi connectivity index (χ2n) is 9.08. The van der Waals surface area contributed by atoms with Crippen LogP contribution in [0.3, 0.4) is 0 Å². The maximum absolute atomic E-state index is 13.7. The quantitative estimate of drug-likeness (QED) is 0.572. The van der Waals surface area contributed by atoms with E-state index in [4.69, 9.17) is 4.52 Å². The van der Waals surface area contributed by atoms with Gasteiger partial charge < -0.3 is 14.7 Å². The summed E-state index contributed by atoms with van der Waals surface area (Å²) in [6, 6.07) is 6.56. The zero-order chi connectivity index (χ0) is 23.9. The number of sulfonamides is 1. The van der Waals surface area contributed by atoms with Crippen molar-refractivity contribution in [1.82, 2.24) is 25.1 Å². The molecule has 0 radical (unpaired) electrons. The Labute approximate surface area is 199 Å². The minimum absolute atomic E-state index is 0.0442. The molecule has 1 aromatic carbocycles. The molecule has 9 nitrogen and oxygen atoms in total. The molecule has 2 N–H and O–H groups in total. The van der Waals surface area contributed by atoms with Gasteiger partial charge in [-0.15, -0.1) is 0 Å². The molecular weight excluding hydrogens is 454 g/mol. The van der Waals surface area contributed by atoms with Crippen molar-refractivity contribution in [2.45, 2.75) is 44.0 Å². The van der Waals surface area contributed by atoms with Crippen molar-refractivity contribution < 1.29 is 17.7 Å². The molecule has 0 bridgehead atoms. The number of carbonyl (C=O) groups excluding carboxylic acids is 1. The largest absolute Gasteiger partial charge is 0.361 e. The van der Waals surface area contributed by atoms with E-state index in [9.17, 15) is 13.2 Å². The van der Waals surface area contributed by atoms with Crippen molar-refractivity contribution in [2.75, 3.05) is 26.2 Å². The van der Waals surface area contributed by atoms with Gasteiger partial charge in [0.25, 0.3) is 0 Å². The maximum Gasteiger partial charge on any atom is 0.241 e. The van der Waals surface area contributed by atoms with Gasteiger partial charge in [0.1, 0.15) is 5.76 Å². The minimum Gasteiger partial charge on any atom is -0.361 e. The fourth-order valence-corrected chi connectivity index (χ4v) is 6.74. The van der Waals surface area contributed by atoms with Crippen LogP contribution in [0.2, 0.25) is 0 Å².